The van der Waals surface area contributed by atoms with Crippen LogP contribution < -0.4 is 0 Å². The summed E-state index contributed by atoms with van der Waals surface area (Å²) in [7, 11) is 0. The largest absolute Gasteiger partial charge is 0.454 e. The zero-order chi connectivity index (χ0) is 49.1. The second kappa shape index (κ2) is 16.3. The summed E-state index contributed by atoms with van der Waals surface area (Å²) in [4.78, 5) is 13.3. The molecule has 274 valence electrons. The van der Waals surface area contributed by atoms with Crippen LogP contribution in [-0.4, -0.2) is 15.0 Å². The van der Waals surface area contributed by atoms with Crippen LogP contribution in [0.15, 0.2) is 175 Å². The molecule has 57 heavy (non-hydrogen) atoms. The van der Waals surface area contributed by atoms with Gasteiger partial charge in [-0.25, -0.2) is 0 Å². The summed E-state index contributed by atoms with van der Waals surface area (Å²) in [6, 6.07) is 42.5. The molecule has 0 saturated heterocycles. The maximum absolute atomic E-state index is 9.70. The molecule has 0 N–H and O–H groups in total. The van der Waals surface area contributed by atoms with E-state index in [4.69, 9.17) is 4.42 Å². The Bertz CT molecular complexity index is 3270. The lowest BCUT2D eigenvalue weighted by atomic mass is 9.94. The van der Waals surface area contributed by atoms with E-state index in [-0.39, 0.29) is 16.7 Å². The van der Waals surface area contributed by atoms with E-state index in [0.29, 0.717) is 39.4 Å². The maximum Gasteiger partial charge on any atom is 0.153 e. The fourth-order valence-electron chi connectivity index (χ4n) is 6.51. The molecule has 9 rings (SSSR count). The van der Waals surface area contributed by atoms with Crippen LogP contribution in [0.25, 0.3) is 55.7 Å². The monoisotopic (exact) mass is 748 g/mol. The van der Waals surface area contributed by atoms with Crippen LogP contribution in [-0.2, 0) is 38.2 Å². The smallest absolute Gasteiger partial charge is 0.153 e. The Kier molecular flexibility index (Phi) is 6.97. The van der Waals surface area contributed by atoms with E-state index in [1.54, 1.807) is 36.4 Å². The number of rotatable bonds is 12. The number of hydrogen-bond donors (Lipinski definition) is 0. The van der Waals surface area contributed by atoms with E-state index < -0.39 is 54.9 Å². The summed E-state index contributed by atoms with van der Waals surface area (Å²) >= 11 is 0. The number of aromatic nitrogens is 3. The number of nitriles is 1. The Balaban J connectivity index is 1.13. The van der Waals surface area contributed by atoms with E-state index >= 15 is 0 Å². The third-order valence-electron chi connectivity index (χ3n) is 9.34. The highest BCUT2D eigenvalue weighted by molar-refractivity contribution is 6.10. The van der Waals surface area contributed by atoms with Crippen LogP contribution in [0.1, 0.15) is 55.4 Å². The average Bonchev–Trinajstić information content (AvgIpc) is 3.76. The highest BCUT2D eigenvalue weighted by Crippen LogP contribution is 2.36. The number of aryl methyl sites for hydroxylation is 6. The van der Waals surface area contributed by atoms with Gasteiger partial charge in [-0.3, -0.25) is 15.0 Å². The molecule has 0 aliphatic rings. The summed E-state index contributed by atoms with van der Waals surface area (Å²) in [6.07, 6.45) is -14.5. The van der Waals surface area contributed by atoms with Gasteiger partial charge >= 0.3 is 0 Å². The topological polar surface area (TPSA) is 75.6 Å². The Labute approximate surface area is 349 Å². The minimum atomic E-state index is -3.11. The SMILES string of the molecule is [2H]C([2H])(c1ccc(-c2ccccc2)nc1)C([2H])([2H])c1cc(C([2H])([2H])C([2H])([2H])c2ccc(-c3ccccc3)nc2)cc(C([2H])([2H])C([2H])([2H])c2ccc(-c3cccc4c3oc3c(C#N)cccc34)nc2)c1. The van der Waals surface area contributed by atoms with Crippen molar-refractivity contribution in [3.05, 3.63) is 209 Å². The highest BCUT2D eigenvalue weighted by Gasteiger charge is 2.15. The van der Waals surface area contributed by atoms with Crippen LogP contribution >= 0.6 is 0 Å². The number of pyridine rings is 3. The van der Waals surface area contributed by atoms with Gasteiger partial charge in [-0.05, 0) is 102 Å². The summed E-state index contributed by atoms with van der Waals surface area (Å²) < 4.78 is 118. The minimum Gasteiger partial charge on any atom is -0.454 e. The molecule has 5 heteroatoms. The molecule has 9 aromatic rings. The summed E-state index contributed by atoms with van der Waals surface area (Å²) in [5.41, 5.74) is 2.21. The van der Waals surface area contributed by atoms with Crippen molar-refractivity contribution in [2.45, 2.75) is 38.2 Å². The fraction of sp³-hybridized carbons (Fsp3) is 0.115. The normalized spacial score (nSPS) is 15.8. The first-order valence-electron chi connectivity index (χ1n) is 24.2. The van der Waals surface area contributed by atoms with E-state index in [1.165, 1.54) is 36.7 Å². The molecule has 0 bridgehead atoms. The third-order valence-corrected chi connectivity index (χ3v) is 9.34. The van der Waals surface area contributed by atoms with Crippen molar-refractivity contribution >= 4 is 21.9 Å². The van der Waals surface area contributed by atoms with Crippen molar-refractivity contribution in [3.8, 4) is 39.8 Å². The van der Waals surface area contributed by atoms with Crippen molar-refractivity contribution in [2.75, 3.05) is 0 Å². The Morgan fingerprint density at radius 1 is 0.439 bits per heavy atom. The zero-order valence-electron chi connectivity index (χ0n) is 42.4. The first-order chi connectivity index (χ1) is 32.7. The maximum atomic E-state index is 9.70. The van der Waals surface area contributed by atoms with Gasteiger partial charge in [-0.2, -0.15) is 5.26 Å². The molecule has 0 radical (unpaired) electrons. The van der Waals surface area contributed by atoms with Crippen molar-refractivity contribution in [2.24, 2.45) is 0 Å². The molecule has 0 fully saturated rings. The molecular formula is C52H40N4O. The molecule has 4 heterocycles. The molecular weight excluding hydrogens is 697 g/mol. The molecule has 5 aromatic carbocycles. The first kappa shape index (κ1) is 24.4. The first-order valence-corrected chi connectivity index (χ1v) is 18.2. The number of nitrogens with zero attached hydrogens (tertiary/aromatic N) is 4. The van der Waals surface area contributed by atoms with Crippen LogP contribution in [0.3, 0.4) is 0 Å². The molecule has 4 aromatic heterocycles. The second-order valence-corrected chi connectivity index (χ2v) is 13.2. The molecule has 0 unspecified atom stereocenters. The van der Waals surface area contributed by atoms with Gasteiger partial charge in [0.05, 0.1) is 22.6 Å². The van der Waals surface area contributed by atoms with Gasteiger partial charge < -0.3 is 4.42 Å². The molecule has 0 aliphatic carbocycles. The van der Waals surface area contributed by atoms with E-state index in [1.807, 2.05) is 72.8 Å². The Hall–Kier alpha value is -7.16. The van der Waals surface area contributed by atoms with Crippen LogP contribution in [0.4, 0.5) is 0 Å². The van der Waals surface area contributed by atoms with E-state index in [0.717, 1.165) is 46.3 Å². The summed E-state index contributed by atoms with van der Waals surface area (Å²) in [6.45, 7) is 0. The van der Waals surface area contributed by atoms with Gasteiger partial charge in [-0.15, -0.1) is 0 Å². The van der Waals surface area contributed by atoms with Gasteiger partial charge in [0, 0.05) is 62.5 Å². The van der Waals surface area contributed by atoms with Crippen LogP contribution in [0, 0.1) is 11.3 Å². The minimum absolute atomic E-state index is 0.185. The quantitative estimate of drug-likeness (QED) is 0.124. The fourth-order valence-corrected chi connectivity index (χ4v) is 6.51. The average molecular weight is 749 g/mol. The molecule has 0 amide bonds. The van der Waals surface area contributed by atoms with E-state index in [9.17, 15) is 21.7 Å². The third kappa shape index (κ3) is 7.99. The number of furan rings is 1. The Morgan fingerprint density at radius 2 is 0.877 bits per heavy atom. The van der Waals surface area contributed by atoms with Crippen LogP contribution in [0.5, 0.6) is 0 Å². The van der Waals surface area contributed by atoms with E-state index in [2.05, 4.69) is 21.0 Å². The van der Waals surface area contributed by atoms with Crippen molar-refractivity contribution < 1.29 is 20.9 Å². The molecule has 0 saturated carbocycles. The summed E-state index contributed by atoms with van der Waals surface area (Å²) in [5, 5.41) is 11.1. The van der Waals surface area contributed by atoms with Gasteiger partial charge in [0.2, 0.25) is 0 Å². The van der Waals surface area contributed by atoms with Crippen LogP contribution in [0.2, 0.25) is 0 Å². The lowest BCUT2D eigenvalue weighted by Crippen LogP contribution is -2.00. The highest BCUT2D eigenvalue weighted by atomic mass is 16.3. The van der Waals surface area contributed by atoms with Gasteiger partial charge in [0.25, 0.3) is 0 Å². The summed E-state index contributed by atoms with van der Waals surface area (Å²) in [5.74, 6) is 0. The molecule has 0 spiro atoms. The lowest BCUT2D eigenvalue weighted by molar-refractivity contribution is 0.668. The number of hydrogen-bond acceptors (Lipinski definition) is 5. The van der Waals surface area contributed by atoms with Gasteiger partial charge in [-0.1, -0.05) is 121 Å². The molecule has 0 atom stereocenters. The zero-order valence-corrected chi connectivity index (χ0v) is 30.4. The molecule has 0 aliphatic heterocycles. The van der Waals surface area contributed by atoms with Gasteiger partial charge in [0.1, 0.15) is 11.7 Å². The number of benzene rings is 5. The predicted octanol–water partition coefficient (Wildman–Crippen LogP) is 12.0. The second-order valence-electron chi connectivity index (χ2n) is 13.2. The lowest BCUT2D eigenvalue weighted by Gasteiger charge is -2.12. The Morgan fingerprint density at radius 3 is 1.33 bits per heavy atom. The number of para-hydroxylation sites is 2. The van der Waals surface area contributed by atoms with Crippen molar-refractivity contribution in [1.82, 2.24) is 15.0 Å². The van der Waals surface area contributed by atoms with Gasteiger partial charge in [0.15, 0.2) is 5.58 Å². The standard InChI is InChI=1S/C52H40N4O/c53-32-44-13-7-14-45-46-15-8-16-47(52(46)57-51(44)45)50-28-25-38(35-56-50)19-22-41-30-39(20-17-36-23-26-48(54-33-36)42-9-3-1-4-10-42)29-40(31-41)21-18-37-24-27-49(55-34-37)43-11-5-2-6-12-43/h1-16,23-31,33-35H,17-22H2/i17D2,18D2,19D2,20D2,21D2,22D2. The number of fused-ring (bicyclic) bond motifs is 3. The molecule has 5 nitrogen and oxygen atoms in total. The predicted molar refractivity (Wildman–Crippen MR) is 230 cm³/mol. The van der Waals surface area contributed by atoms with Crippen molar-refractivity contribution in [1.29, 1.82) is 5.26 Å². The van der Waals surface area contributed by atoms with Crippen molar-refractivity contribution in [3.63, 3.8) is 0 Å².